The second-order valence-electron chi connectivity index (χ2n) is 7.23. The number of esters is 1. The van der Waals surface area contributed by atoms with Gasteiger partial charge in [0.2, 0.25) is 10.0 Å². The highest BCUT2D eigenvalue weighted by atomic mass is 32.2. The van der Waals surface area contributed by atoms with Crippen LogP contribution in [0.2, 0.25) is 0 Å². The first-order valence-corrected chi connectivity index (χ1v) is 11.6. The first-order valence-electron chi connectivity index (χ1n) is 10.1. The first kappa shape index (κ1) is 23.1. The van der Waals surface area contributed by atoms with Crippen molar-refractivity contribution in [2.45, 2.75) is 62.8 Å². The molecule has 0 fully saturated rings. The standard InChI is InChI=1S/C23H31NO4S/c1-19-13-11-12-17-22(19)29(26,27)24-21(20-14-7-6-8-15-20)16-9-4-3-5-10-18-23(25)28-2/h6-8,11-15,17,21,24H,3-5,9-10,16,18H2,1-2H3. The molecule has 1 atom stereocenters. The molecule has 0 saturated carbocycles. The fraction of sp³-hybridized carbons (Fsp3) is 0.435. The Morgan fingerprint density at radius 1 is 0.931 bits per heavy atom. The van der Waals surface area contributed by atoms with Gasteiger partial charge in [0, 0.05) is 12.5 Å². The van der Waals surface area contributed by atoms with Gasteiger partial charge in [0.1, 0.15) is 0 Å². The molecular weight excluding hydrogens is 386 g/mol. The summed E-state index contributed by atoms with van der Waals surface area (Å²) in [5.41, 5.74) is 1.70. The quantitative estimate of drug-likeness (QED) is 0.393. The zero-order valence-corrected chi connectivity index (χ0v) is 18.1. The Kier molecular flexibility index (Phi) is 9.35. The lowest BCUT2D eigenvalue weighted by atomic mass is 10.0. The van der Waals surface area contributed by atoms with Crippen LogP contribution >= 0.6 is 0 Å². The van der Waals surface area contributed by atoms with Gasteiger partial charge in [0.05, 0.1) is 12.0 Å². The number of sulfonamides is 1. The highest BCUT2D eigenvalue weighted by molar-refractivity contribution is 7.89. The van der Waals surface area contributed by atoms with Crippen molar-refractivity contribution < 1.29 is 17.9 Å². The van der Waals surface area contributed by atoms with Crippen molar-refractivity contribution in [2.24, 2.45) is 0 Å². The molecule has 0 aliphatic heterocycles. The van der Waals surface area contributed by atoms with E-state index < -0.39 is 10.0 Å². The molecule has 0 radical (unpaired) electrons. The van der Waals surface area contributed by atoms with Crippen molar-refractivity contribution in [3.8, 4) is 0 Å². The van der Waals surface area contributed by atoms with Crippen LogP contribution in [0.4, 0.5) is 0 Å². The van der Waals surface area contributed by atoms with Crippen molar-refractivity contribution in [1.29, 1.82) is 0 Å². The lowest BCUT2D eigenvalue weighted by Crippen LogP contribution is -2.29. The van der Waals surface area contributed by atoms with E-state index in [1.54, 1.807) is 25.1 Å². The van der Waals surface area contributed by atoms with Crippen LogP contribution in [0.3, 0.4) is 0 Å². The van der Waals surface area contributed by atoms with Crippen LogP contribution in [-0.2, 0) is 19.6 Å². The average molecular weight is 418 g/mol. The van der Waals surface area contributed by atoms with E-state index in [-0.39, 0.29) is 12.0 Å². The third kappa shape index (κ3) is 7.63. The molecule has 158 valence electrons. The lowest BCUT2D eigenvalue weighted by Gasteiger charge is -2.20. The predicted molar refractivity (Wildman–Crippen MR) is 115 cm³/mol. The number of aryl methyl sites for hydroxylation is 1. The van der Waals surface area contributed by atoms with Crippen molar-refractivity contribution >= 4 is 16.0 Å². The zero-order valence-electron chi connectivity index (χ0n) is 17.3. The van der Waals surface area contributed by atoms with Crippen LogP contribution in [0.1, 0.15) is 62.1 Å². The number of nitrogens with one attached hydrogen (secondary N) is 1. The van der Waals surface area contributed by atoms with Gasteiger partial charge >= 0.3 is 5.97 Å². The van der Waals surface area contributed by atoms with Crippen molar-refractivity contribution in [3.63, 3.8) is 0 Å². The minimum absolute atomic E-state index is 0.167. The Morgan fingerprint density at radius 3 is 2.24 bits per heavy atom. The molecule has 0 amide bonds. The fourth-order valence-corrected chi connectivity index (χ4v) is 4.84. The summed E-state index contributed by atoms with van der Waals surface area (Å²) in [4.78, 5) is 11.5. The molecule has 0 aliphatic carbocycles. The van der Waals surface area contributed by atoms with Gasteiger partial charge in [-0.05, 0) is 37.0 Å². The number of methoxy groups -OCH3 is 1. The number of ether oxygens (including phenoxy) is 1. The predicted octanol–water partition coefficient (Wildman–Crippen LogP) is 4.92. The minimum Gasteiger partial charge on any atom is -0.469 e. The molecule has 0 saturated heterocycles. The Hall–Kier alpha value is -2.18. The van der Waals surface area contributed by atoms with Crippen LogP contribution in [0.5, 0.6) is 0 Å². The third-order valence-corrected chi connectivity index (χ3v) is 6.62. The van der Waals surface area contributed by atoms with Crippen molar-refractivity contribution in [1.82, 2.24) is 4.72 Å². The maximum Gasteiger partial charge on any atom is 0.305 e. The maximum absolute atomic E-state index is 12.9. The molecule has 2 aromatic rings. The third-order valence-electron chi connectivity index (χ3n) is 4.98. The lowest BCUT2D eigenvalue weighted by molar-refractivity contribution is -0.140. The van der Waals surface area contributed by atoms with Gasteiger partial charge in [-0.15, -0.1) is 0 Å². The molecule has 0 spiro atoms. The first-order chi connectivity index (χ1) is 13.9. The van der Waals surface area contributed by atoms with Crippen LogP contribution in [-0.4, -0.2) is 21.5 Å². The molecule has 0 heterocycles. The maximum atomic E-state index is 12.9. The molecule has 29 heavy (non-hydrogen) atoms. The molecule has 1 N–H and O–H groups in total. The number of carbonyl (C=O) groups excluding carboxylic acids is 1. The largest absolute Gasteiger partial charge is 0.469 e. The monoisotopic (exact) mass is 417 g/mol. The average Bonchev–Trinajstić information content (AvgIpc) is 2.72. The second kappa shape index (κ2) is 11.7. The van der Waals surface area contributed by atoms with Crippen molar-refractivity contribution in [2.75, 3.05) is 7.11 Å². The van der Waals surface area contributed by atoms with Gasteiger partial charge < -0.3 is 4.74 Å². The SMILES string of the molecule is COC(=O)CCCCCCCC(NS(=O)(=O)c1ccccc1C)c1ccccc1. The molecule has 0 aliphatic rings. The van der Waals surface area contributed by atoms with E-state index >= 15 is 0 Å². The Labute approximate surface area is 174 Å². The van der Waals surface area contributed by atoms with Gasteiger partial charge in [-0.3, -0.25) is 4.79 Å². The van der Waals surface area contributed by atoms with E-state index in [0.29, 0.717) is 11.3 Å². The van der Waals surface area contributed by atoms with E-state index in [1.165, 1.54) is 7.11 Å². The van der Waals surface area contributed by atoms with Gasteiger partial charge in [-0.25, -0.2) is 13.1 Å². The number of rotatable bonds is 12. The fourth-order valence-electron chi connectivity index (χ4n) is 3.34. The summed E-state index contributed by atoms with van der Waals surface area (Å²) in [5.74, 6) is -0.167. The number of carbonyl (C=O) groups is 1. The molecule has 1 unspecified atom stereocenters. The summed E-state index contributed by atoms with van der Waals surface area (Å²) in [6.07, 6.45) is 5.91. The molecule has 6 heteroatoms. The van der Waals surface area contributed by atoms with E-state index in [9.17, 15) is 13.2 Å². The number of hydrogen-bond donors (Lipinski definition) is 1. The number of benzene rings is 2. The van der Waals surface area contributed by atoms with Crippen LogP contribution in [0, 0.1) is 6.92 Å². The van der Waals surface area contributed by atoms with Crippen LogP contribution in [0.15, 0.2) is 59.5 Å². The van der Waals surface area contributed by atoms with Gasteiger partial charge in [0.25, 0.3) is 0 Å². The molecule has 0 aromatic heterocycles. The summed E-state index contributed by atoms with van der Waals surface area (Å²) in [6.45, 7) is 1.81. The van der Waals surface area contributed by atoms with E-state index in [0.717, 1.165) is 49.7 Å². The Morgan fingerprint density at radius 2 is 1.55 bits per heavy atom. The summed E-state index contributed by atoms with van der Waals surface area (Å²) >= 11 is 0. The Bertz CT molecular complexity index is 865. The van der Waals surface area contributed by atoms with E-state index in [4.69, 9.17) is 0 Å². The smallest absolute Gasteiger partial charge is 0.305 e. The Balaban J connectivity index is 1.95. The zero-order chi connectivity index (χ0) is 21.1. The molecule has 2 aromatic carbocycles. The van der Waals surface area contributed by atoms with Crippen molar-refractivity contribution in [3.05, 3.63) is 65.7 Å². The highest BCUT2D eigenvalue weighted by Gasteiger charge is 2.22. The second-order valence-corrected chi connectivity index (χ2v) is 8.92. The minimum atomic E-state index is -3.60. The number of unbranched alkanes of at least 4 members (excludes halogenated alkanes) is 4. The summed E-state index contributed by atoms with van der Waals surface area (Å²) in [6, 6.07) is 16.5. The van der Waals surface area contributed by atoms with E-state index in [1.807, 2.05) is 36.4 Å². The van der Waals surface area contributed by atoms with Crippen LogP contribution < -0.4 is 4.72 Å². The summed E-state index contributed by atoms with van der Waals surface area (Å²) in [7, 11) is -2.20. The molecular formula is C23H31NO4S. The van der Waals surface area contributed by atoms with Gasteiger partial charge in [-0.1, -0.05) is 74.2 Å². The number of hydrogen-bond acceptors (Lipinski definition) is 4. The summed E-state index contributed by atoms with van der Waals surface area (Å²) < 4.78 is 33.4. The molecule has 5 nitrogen and oxygen atoms in total. The van der Waals surface area contributed by atoms with Gasteiger partial charge in [-0.2, -0.15) is 0 Å². The normalized spacial score (nSPS) is 12.5. The van der Waals surface area contributed by atoms with E-state index in [2.05, 4.69) is 9.46 Å². The summed E-state index contributed by atoms with van der Waals surface area (Å²) in [5, 5.41) is 0. The molecule has 0 bridgehead atoms. The van der Waals surface area contributed by atoms with Crippen LogP contribution in [0.25, 0.3) is 0 Å². The highest BCUT2D eigenvalue weighted by Crippen LogP contribution is 2.24. The van der Waals surface area contributed by atoms with Gasteiger partial charge in [0.15, 0.2) is 0 Å². The topological polar surface area (TPSA) is 72.5 Å². The molecule has 2 rings (SSSR count).